The first-order valence-electron chi connectivity index (χ1n) is 6.19. The Labute approximate surface area is 124 Å². The molecule has 0 bridgehead atoms. The molecule has 0 unspecified atom stereocenters. The lowest BCUT2D eigenvalue weighted by molar-refractivity contribution is 0.629. The molecule has 3 rings (SSSR count). The average molecular weight is 306 g/mol. The Morgan fingerprint density at radius 3 is 2.67 bits per heavy atom. The molecule has 0 aliphatic carbocycles. The Balaban J connectivity index is 2.30. The molecule has 0 spiro atoms. The molecule has 1 aromatic heterocycles. The molecule has 106 valence electrons. The van der Waals surface area contributed by atoms with Crippen molar-refractivity contribution in [3.05, 3.63) is 53.1 Å². The molecule has 1 N–H and O–H groups in total. The summed E-state index contributed by atoms with van der Waals surface area (Å²) in [6.45, 7) is 0. The number of benzene rings is 2. The van der Waals surface area contributed by atoms with Crippen molar-refractivity contribution in [1.29, 1.82) is 0 Å². The standard InChI is InChI=1S/C15H10ClF2N3/c1-19-14-9-6-5-8(17)7-12(9)20-15(21-14)10-3-2-4-11(16)13(10)18/h2-7H,1H3,(H,19,20,21). The zero-order chi connectivity index (χ0) is 15.0. The molecule has 21 heavy (non-hydrogen) atoms. The minimum atomic E-state index is -0.600. The second kappa shape index (κ2) is 5.26. The van der Waals surface area contributed by atoms with Gasteiger partial charge in [0.15, 0.2) is 11.6 Å². The highest BCUT2D eigenvalue weighted by atomic mass is 35.5. The van der Waals surface area contributed by atoms with Gasteiger partial charge in [-0.1, -0.05) is 17.7 Å². The quantitative estimate of drug-likeness (QED) is 0.768. The SMILES string of the molecule is CNc1nc(-c2cccc(Cl)c2F)nc2cc(F)ccc12. The summed E-state index contributed by atoms with van der Waals surface area (Å²) in [5.74, 6) is -0.371. The summed E-state index contributed by atoms with van der Waals surface area (Å²) >= 11 is 5.77. The number of aromatic nitrogens is 2. The van der Waals surface area contributed by atoms with Crippen LogP contribution in [0.4, 0.5) is 14.6 Å². The molecule has 6 heteroatoms. The van der Waals surface area contributed by atoms with Gasteiger partial charge in [0, 0.05) is 18.5 Å². The van der Waals surface area contributed by atoms with Crippen LogP contribution in [0, 0.1) is 11.6 Å². The van der Waals surface area contributed by atoms with E-state index >= 15 is 0 Å². The largest absolute Gasteiger partial charge is 0.373 e. The molecule has 1 heterocycles. The van der Waals surface area contributed by atoms with Crippen LogP contribution in [-0.4, -0.2) is 17.0 Å². The average Bonchev–Trinajstić information content (AvgIpc) is 2.48. The van der Waals surface area contributed by atoms with Crippen molar-refractivity contribution in [2.24, 2.45) is 0 Å². The van der Waals surface area contributed by atoms with Crippen LogP contribution in [0.5, 0.6) is 0 Å². The van der Waals surface area contributed by atoms with Gasteiger partial charge in [-0.15, -0.1) is 0 Å². The third-order valence-electron chi connectivity index (χ3n) is 3.09. The summed E-state index contributed by atoms with van der Waals surface area (Å²) in [5, 5.41) is 3.55. The van der Waals surface area contributed by atoms with Crippen molar-refractivity contribution in [3.63, 3.8) is 0 Å². The molecule has 2 aromatic carbocycles. The van der Waals surface area contributed by atoms with E-state index in [2.05, 4.69) is 15.3 Å². The minimum absolute atomic E-state index is 0.0125. The van der Waals surface area contributed by atoms with Crippen LogP contribution in [0.2, 0.25) is 5.02 Å². The van der Waals surface area contributed by atoms with Crippen molar-refractivity contribution >= 4 is 28.3 Å². The Hall–Kier alpha value is -2.27. The fraction of sp³-hybridized carbons (Fsp3) is 0.0667. The van der Waals surface area contributed by atoms with Gasteiger partial charge < -0.3 is 5.32 Å². The Morgan fingerprint density at radius 2 is 1.90 bits per heavy atom. The maximum atomic E-state index is 14.1. The topological polar surface area (TPSA) is 37.8 Å². The zero-order valence-electron chi connectivity index (χ0n) is 11.0. The van der Waals surface area contributed by atoms with Crippen LogP contribution in [0.25, 0.3) is 22.3 Å². The van der Waals surface area contributed by atoms with Crippen LogP contribution in [0.1, 0.15) is 0 Å². The van der Waals surface area contributed by atoms with Crippen LogP contribution < -0.4 is 5.32 Å². The molecule has 3 aromatic rings. The maximum absolute atomic E-state index is 14.1. The number of hydrogen-bond acceptors (Lipinski definition) is 3. The fourth-order valence-corrected chi connectivity index (χ4v) is 2.26. The third kappa shape index (κ3) is 2.40. The van der Waals surface area contributed by atoms with E-state index < -0.39 is 11.6 Å². The van der Waals surface area contributed by atoms with Gasteiger partial charge >= 0.3 is 0 Å². The molecular weight excluding hydrogens is 296 g/mol. The summed E-state index contributed by atoms with van der Waals surface area (Å²) in [6, 6.07) is 8.77. The van der Waals surface area contributed by atoms with Crippen molar-refractivity contribution in [1.82, 2.24) is 9.97 Å². The van der Waals surface area contributed by atoms with Crippen molar-refractivity contribution in [2.45, 2.75) is 0 Å². The maximum Gasteiger partial charge on any atom is 0.165 e. The van der Waals surface area contributed by atoms with Gasteiger partial charge in [-0.05, 0) is 24.3 Å². The molecule has 0 aliphatic rings. The molecule has 0 saturated carbocycles. The van der Waals surface area contributed by atoms with Crippen LogP contribution >= 0.6 is 11.6 Å². The van der Waals surface area contributed by atoms with Gasteiger partial charge in [0.05, 0.1) is 16.1 Å². The van der Waals surface area contributed by atoms with Gasteiger partial charge in [-0.3, -0.25) is 0 Å². The Kier molecular flexibility index (Phi) is 3.43. The fourth-order valence-electron chi connectivity index (χ4n) is 2.09. The van der Waals surface area contributed by atoms with Crippen LogP contribution in [0.3, 0.4) is 0 Å². The van der Waals surface area contributed by atoms with E-state index in [1.165, 1.54) is 24.3 Å². The van der Waals surface area contributed by atoms with E-state index in [0.717, 1.165) is 0 Å². The van der Waals surface area contributed by atoms with E-state index in [1.54, 1.807) is 19.2 Å². The van der Waals surface area contributed by atoms with Crippen molar-refractivity contribution in [2.75, 3.05) is 12.4 Å². The molecule has 0 fully saturated rings. The highest BCUT2D eigenvalue weighted by Crippen LogP contribution is 2.29. The van der Waals surface area contributed by atoms with Crippen LogP contribution in [-0.2, 0) is 0 Å². The van der Waals surface area contributed by atoms with Gasteiger partial charge in [0.1, 0.15) is 11.6 Å². The molecule has 0 atom stereocenters. The number of nitrogens with one attached hydrogen (secondary N) is 1. The van der Waals surface area contributed by atoms with Gasteiger partial charge in [0.2, 0.25) is 0 Å². The van der Waals surface area contributed by atoms with Crippen molar-refractivity contribution in [3.8, 4) is 11.4 Å². The predicted octanol–water partition coefficient (Wildman–Crippen LogP) is 4.27. The van der Waals surface area contributed by atoms with Gasteiger partial charge in [0.25, 0.3) is 0 Å². The normalized spacial score (nSPS) is 10.9. The van der Waals surface area contributed by atoms with E-state index in [1.807, 2.05) is 0 Å². The number of halogens is 3. The predicted molar refractivity (Wildman–Crippen MR) is 79.4 cm³/mol. The molecule has 0 amide bonds. The molecule has 0 saturated heterocycles. The lowest BCUT2D eigenvalue weighted by atomic mass is 10.1. The van der Waals surface area contributed by atoms with E-state index in [4.69, 9.17) is 11.6 Å². The summed E-state index contributed by atoms with van der Waals surface area (Å²) in [4.78, 5) is 8.51. The number of hydrogen-bond donors (Lipinski definition) is 1. The Morgan fingerprint density at radius 1 is 1.10 bits per heavy atom. The van der Waals surface area contributed by atoms with Gasteiger partial charge in [-0.25, -0.2) is 18.7 Å². The van der Waals surface area contributed by atoms with Gasteiger partial charge in [-0.2, -0.15) is 0 Å². The summed E-state index contributed by atoms with van der Waals surface area (Å²) in [6.07, 6.45) is 0. The molecule has 0 aliphatic heterocycles. The van der Waals surface area contributed by atoms with Crippen molar-refractivity contribution < 1.29 is 8.78 Å². The molecule has 3 nitrogen and oxygen atoms in total. The minimum Gasteiger partial charge on any atom is -0.373 e. The van der Waals surface area contributed by atoms with E-state index in [-0.39, 0.29) is 16.4 Å². The van der Waals surface area contributed by atoms with E-state index in [9.17, 15) is 8.78 Å². The number of nitrogens with zero attached hydrogens (tertiary/aromatic N) is 2. The lowest BCUT2D eigenvalue weighted by Crippen LogP contribution is -2.00. The summed E-state index contributed by atoms with van der Waals surface area (Å²) in [5.41, 5.74) is 0.564. The summed E-state index contributed by atoms with van der Waals surface area (Å²) in [7, 11) is 1.68. The number of fused-ring (bicyclic) bond motifs is 1. The first-order chi connectivity index (χ1) is 10.1. The van der Waals surface area contributed by atoms with Crippen LogP contribution in [0.15, 0.2) is 36.4 Å². The summed E-state index contributed by atoms with van der Waals surface area (Å²) < 4.78 is 27.5. The highest BCUT2D eigenvalue weighted by molar-refractivity contribution is 6.31. The molecular formula is C15H10ClF2N3. The lowest BCUT2D eigenvalue weighted by Gasteiger charge is -2.09. The highest BCUT2D eigenvalue weighted by Gasteiger charge is 2.14. The first kappa shape index (κ1) is 13.7. The second-order valence-corrected chi connectivity index (χ2v) is 4.82. The Bertz CT molecular complexity index is 837. The first-order valence-corrected chi connectivity index (χ1v) is 6.57. The third-order valence-corrected chi connectivity index (χ3v) is 3.38. The number of rotatable bonds is 2. The van der Waals surface area contributed by atoms with E-state index in [0.29, 0.717) is 16.7 Å². The second-order valence-electron chi connectivity index (χ2n) is 4.41. The zero-order valence-corrected chi connectivity index (χ0v) is 11.7. The number of anilines is 1. The molecule has 0 radical (unpaired) electrons. The monoisotopic (exact) mass is 305 g/mol. The smallest absolute Gasteiger partial charge is 0.165 e.